The molecule has 0 heterocycles. The molecule has 0 spiro atoms. The van der Waals surface area contributed by atoms with Crippen molar-refractivity contribution in [3.8, 4) is 0 Å². The van der Waals surface area contributed by atoms with Gasteiger partial charge in [-0.1, -0.05) is 12.1 Å². The van der Waals surface area contributed by atoms with Gasteiger partial charge in [-0.2, -0.15) is 0 Å². The maximum atomic E-state index is 12.3. The molecule has 0 bridgehead atoms. The van der Waals surface area contributed by atoms with Gasteiger partial charge >= 0.3 is 0 Å². The second-order valence-electron chi connectivity index (χ2n) is 5.71. The van der Waals surface area contributed by atoms with Crippen molar-refractivity contribution in [3.05, 3.63) is 29.8 Å². The minimum absolute atomic E-state index is 0.0552. The van der Waals surface area contributed by atoms with E-state index in [0.717, 1.165) is 19.3 Å². The Labute approximate surface area is 125 Å². The molecule has 2 rings (SSSR count). The molecule has 0 radical (unpaired) electrons. The Kier molecular flexibility index (Phi) is 4.96. The van der Waals surface area contributed by atoms with Crippen molar-refractivity contribution in [1.82, 2.24) is 5.32 Å². The molecular formula is C16H23N3O2. The molecule has 1 unspecified atom stereocenters. The van der Waals surface area contributed by atoms with Crippen LogP contribution in [0.25, 0.3) is 0 Å². The number of carbonyl (C=O) groups excluding carboxylic acids is 2. The van der Waals surface area contributed by atoms with Crippen molar-refractivity contribution < 1.29 is 9.59 Å². The highest BCUT2D eigenvalue weighted by atomic mass is 16.2. The van der Waals surface area contributed by atoms with Crippen LogP contribution in [0.1, 0.15) is 36.5 Å². The van der Waals surface area contributed by atoms with Crippen LogP contribution >= 0.6 is 0 Å². The predicted octanol–water partition coefficient (Wildman–Crippen LogP) is 1.53. The fraction of sp³-hybridized carbons (Fsp3) is 0.500. The third-order valence-electron chi connectivity index (χ3n) is 3.65. The van der Waals surface area contributed by atoms with Crippen LogP contribution in [0.4, 0.5) is 5.69 Å². The Morgan fingerprint density at radius 3 is 2.67 bits per heavy atom. The van der Waals surface area contributed by atoms with Gasteiger partial charge < -0.3 is 16.0 Å². The number of hydrogen-bond donors (Lipinski definition) is 2. The third kappa shape index (κ3) is 4.04. The molecule has 0 aromatic heterocycles. The van der Waals surface area contributed by atoms with E-state index in [1.807, 2.05) is 13.0 Å². The number of para-hydroxylation sites is 1. The summed E-state index contributed by atoms with van der Waals surface area (Å²) in [4.78, 5) is 26.0. The van der Waals surface area contributed by atoms with E-state index in [1.165, 1.54) is 0 Å². The van der Waals surface area contributed by atoms with E-state index < -0.39 is 0 Å². The fourth-order valence-electron chi connectivity index (χ4n) is 2.19. The molecule has 0 saturated heterocycles. The summed E-state index contributed by atoms with van der Waals surface area (Å²) in [5, 5.41) is 2.85. The first kappa shape index (κ1) is 15.5. The van der Waals surface area contributed by atoms with Crippen LogP contribution in [-0.4, -0.2) is 31.4 Å². The molecule has 1 saturated carbocycles. The average molecular weight is 289 g/mol. The number of nitrogens with zero attached hydrogens (tertiary/aromatic N) is 1. The molecule has 1 aliphatic rings. The van der Waals surface area contributed by atoms with E-state index in [1.54, 1.807) is 30.1 Å². The quantitative estimate of drug-likeness (QED) is 0.834. The highest BCUT2D eigenvalue weighted by molar-refractivity contribution is 6.05. The van der Waals surface area contributed by atoms with E-state index in [2.05, 4.69) is 5.32 Å². The van der Waals surface area contributed by atoms with Crippen molar-refractivity contribution in [2.75, 3.05) is 18.5 Å². The van der Waals surface area contributed by atoms with E-state index >= 15 is 0 Å². The molecular weight excluding hydrogens is 266 g/mol. The van der Waals surface area contributed by atoms with Crippen molar-refractivity contribution in [2.45, 2.75) is 32.2 Å². The highest BCUT2D eigenvalue weighted by Gasteiger charge is 2.33. The van der Waals surface area contributed by atoms with Crippen LogP contribution in [0.15, 0.2) is 24.3 Å². The third-order valence-corrected chi connectivity index (χ3v) is 3.65. The molecule has 114 valence electrons. The molecule has 1 aromatic rings. The number of benzene rings is 1. The largest absolute Gasteiger partial charge is 0.352 e. The van der Waals surface area contributed by atoms with Gasteiger partial charge in [0.25, 0.3) is 5.91 Å². The first-order valence-electron chi connectivity index (χ1n) is 7.41. The fourth-order valence-corrected chi connectivity index (χ4v) is 2.19. The normalized spacial score (nSPS) is 15.4. The second-order valence-corrected chi connectivity index (χ2v) is 5.71. The number of hydrogen-bond acceptors (Lipinski definition) is 3. The first-order chi connectivity index (χ1) is 10.0. The van der Waals surface area contributed by atoms with Gasteiger partial charge in [0.2, 0.25) is 5.91 Å². The standard InChI is InChI=1S/C16H23N3O2/c1-11(17)9-10-18-15(20)13-5-3-4-6-14(13)19(2)16(21)12-7-8-12/h3-6,11-12H,7-10,17H2,1-2H3,(H,18,20). The lowest BCUT2D eigenvalue weighted by molar-refractivity contribution is -0.119. The molecule has 0 aliphatic heterocycles. The Bertz CT molecular complexity index is 524. The maximum Gasteiger partial charge on any atom is 0.253 e. The minimum Gasteiger partial charge on any atom is -0.352 e. The van der Waals surface area contributed by atoms with E-state index in [4.69, 9.17) is 5.73 Å². The molecule has 1 atom stereocenters. The van der Waals surface area contributed by atoms with Gasteiger partial charge in [-0.3, -0.25) is 9.59 Å². The van der Waals surface area contributed by atoms with Crippen LogP contribution in [0.5, 0.6) is 0 Å². The zero-order valence-electron chi connectivity index (χ0n) is 12.6. The van der Waals surface area contributed by atoms with Gasteiger partial charge in [0, 0.05) is 25.6 Å². The van der Waals surface area contributed by atoms with Gasteiger partial charge in [0.1, 0.15) is 0 Å². The minimum atomic E-state index is -0.165. The lowest BCUT2D eigenvalue weighted by Gasteiger charge is -2.20. The average Bonchev–Trinajstić information content (AvgIpc) is 3.30. The van der Waals surface area contributed by atoms with Gasteiger partial charge in [-0.05, 0) is 38.3 Å². The molecule has 5 nitrogen and oxygen atoms in total. The van der Waals surface area contributed by atoms with Crippen molar-refractivity contribution in [1.29, 1.82) is 0 Å². The number of carbonyl (C=O) groups is 2. The van der Waals surface area contributed by atoms with Gasteiger partial charge in [0.05, 0.1) is 11.3 Å². The zero-order valence-corrected chi connectivity index (χ0v) is 12.6. The monoisotopic (exact) mass is 289 g/mol. The Balaban J connectivity index is 2.08. The van der Waals surface area contributed by atoms with Crippen molar-refractivity contribution in [2.24, 2.45) is 11.7 Å². The highest BCUT2D eigenvalue weighted by Crippen LogP contribution is 2.33. The summed E-state index contributed by atoms with van der Waals surface area (Å²) in [6.45, 7) is 2.44. The van der Waals surface area contributed by atoms with E-state index in [-0.39, 0.29) is 23.8 Å². The molecule has 2 amide bonds. The maximum absolute atomic E-state index is 12.3. The number of nitrogens with one attached hydrogen (secondary N) is 1. The van der Waals surface area contributed by atoms with Crippen LogP contribution in [0.3, 0.4) is 0 Å². The van der Waals surface area contributed by atoms with Crippen LogP contribution in [-0.2, 0) is 4.79 Å². The topological polar surface area (TPSA) is 75.4 Å². The number of amides is 2. The van der Waals surface area contributed by atoms with Gasteiger partial charge in [-0.15, -0.1) is 0 Å². The molecule has 1 fully saturated rings. The SMILES string of the molecule is CC(N)CCNC(=O)c1ccccc1N(C)C(=O)C1CC1. The lowest BCUT2D eigenvalue weighted by Crippen LogP contribution is -2.33. The summed E-state index contributed by atoms with van der Waals surface area (Å²) in [6.07, 6.45) is 2.63. The van der Waals surface area contributed by atoms with Gasteiger partial charge in [-0.25, -0.2) is 0 Å². The van der Waals surface area contributed by atoms with E-state index in [9.17, 15) is 9.59 Å². The summed E-state index contributed by atoms with van der Waals surface area (Å²) in [7, 11) is 1.73. The van der Waals surface area contributed by atoms with Crippen molar-refractivity contribution >= 4 is 17.5 Å². The summed E-state index contributed by atoms with van der Waals surface area (Å²) >= 11 is 0. The molecule has 21 heavy (non-hydrogen) atoms. The van der Waals surface area contributed by atoms with Crippen LogP contribution in [0.2, 0.25) is 0 Å². The van der Waals surface area contributed by atoms with Crippen LogP contribution < -0.4 is 16.0 Å². The predicted molar refractivity (Wildman–Crippen MR) is 83.2 cm³/mol. The summed E-state index contributed by atoms with van der Waals surface area (Å²) in [6, 6.07) is 7.25. The molecule has 5 heteroatoms. The van der Waals surface area contributed by atoms with Crippen molar-refractivity contribution in [3.63, 3.8) is 0 Å². The number of nitrogens with two attached hydrogens (primary N) is 1. The molecule has 1 aliphatic carbocycles. The molecule has 3 N–H and O–H groups in total. The smallest absolute Gasteiger partial charge is 0.253 e. The molecule has 1 aromatic carbocycles. The van der Waals surface area contributed by atoms with Crippen LogP contribution in [0, 0.1) is 5.92 Å². The zero-order chi connectivity index (χ0) is 15.4. The Morgan fingerprint density at radius 1 is 1.38 bits per heavy atom. The van der Waals surface area contributed by atoms with Gasteiger partial charge in [0.15, 0.2) is 0 Å². The summed E-state index contributed by atoms with van der Waals surface area (Å²) < 4.78 is 0. The number of anilines is 1. The second kappa shape index (κ2) is 6.72. The summed E-state index contributed by atoms with van der Waals surface area (Å²) in [5.74, 6) is 0.0525. The summed E-state index contributed by atoms with van der Waals surface area (Å²) in [5.41, 5.74) is 6.86. The first-order valence-corrected chi connectivity index (χ1v) is 7.41. The Morgan fingerprint density at radius 2 is 2.05 bits per heavy atom. The Hall–Kier alpha value is -1.88. The lowest BCUT2D eigenvalue weighted by atomic mass is 10.1. The number of rotatable bonds is 6. The van der Waals surface area contributed by atoms with E-state index in [0.29, 0.717) is 17.8 Å².